The summed E-state index contributed by atoms with van der Waals surface area (Å²) < 4.78 is 9.25. The number of methoxy groups -OCH3 is 1. The number of carbonyl (C=O) groups is 2. The minimum absolute atomic E-state index is 0.186. The Bertz CT molecular complexity index is 321. The first kappa shape index (κ1) is 9.25. The SMILES string of the molecule is COC(=O)/C(=C/C=O)c1ccoc1. The highest BCUT2D eigenvalue weighted by molar-refractivity contribution is 6.19. The third kappa shape index (κ3) is 2.05. The zero-order chi connectivity index (χ0) is 9.68. The summed E-state index contributed by atoms with van der Waals surface area (Å²) in [6.07, 6.45) is 4.44. The zero-order valence-corrected chi connectivity index (χ0v) is 7.02. The van der Waals surface area contributed by atoms with Crippen molar-refractivity contribution in [3.63, 3.8) is 0 Å². The van der Waals surface area contributed by atoms with Crippen LogP contribution in [-0.4, -0.2) is 19.4 Å². The van der Waals surface area contributed by atoms with Gasteiger partial charge in [0, 0.05) is 5.56 Å². The molecule has 4 heteroatoms. The zero-order valence-electron chi connectivity index (χ0n) is 7.02. The van der Waals surface area contributed by atoms with Crippen LogP contribution in [0.1, 0.15) is 5.56 Å². The highest BCUT2D eigenvalue weighted by atomic mass is 16.5. The van der Waals surface area contributed by atoms with Crippen LogP contribution in [0.4, 0.5) is 0 Å². The molecule has 1 aromatic heterocycles. The number of ether oxygens (including phenoxy) is 1. The van der Waals surface area contributed by atoms with Crippen LogP contribution < -0.4 is 0 Å². The lowest BCUT2D eigenvalue weighted by Gasteiger charge is -1.99. The van der Waals surface area contributed by atoms with Crippen molar-refractivity contribution in [1.82, 2.24) is 0 Å². The molecule has 0 aromatic carbocycles. The topological polar surface area (TPSA) is 56.5 Å². The lowest BCUT2D eigenvalue weighted by atomic mass is 10.1. The lowest BCUT2D eigenvalue weighted by molar-refractivity contribution is -0.133. The molecule has 1 heterocycles. The van der Waals surface area contributed by atoms with Gasteiger partial charge in [0.15, 0.2) is 0 Å². The van der Waals surface area contributed by atoms with Gasteiger partial charge in [0.2, 0.25) is 0 Å². The molecule has 1 rings (SSSR count). The fourth-order valence-electron chi connectivity index (χ4n) is 0.878. The highest BCUT2D eigenvalue weighted by Gasteiger charge is 2.12. The lowest BCUT2D eigenvalue weighted by Crippen LogP contribution is -2.03. The quantitative estimate of drug-likeness (QED) is 0.396. The summed E-state index contributed by atoms with van der Waals surface area (Å²) in [4.78, 5) is 21.3. The van der Waals surface area contributed by atoms with E-state index in [1.165, 1.54) is 19.6 Å². The molecule has 0 unspecified atom stereocenters. The molecular weight excluding hydrogens is 172 g/mol. The van der Waals surface area contributed by atoms with Crippen LogP contribution in [0, 0.1) is 0 Å². The molecule has 0 radical (unpaired) electrons. The normalized spacial score (nSPS) is 11.0. The Morgan fingerprint density at radius 1 is 1.62 bits per heavy atom. The molecule has 0 spiro atoms. The van der Waals surface area contributed by atoms with Crippen molar-refractivity contribution in [2.45, 2.75) is 0 Å². The van der Waals surface area contributed by atoms with E-state index in [-0.39, 0.29) is 5.57 Å². The highest BCUT2D eigenvalue weighted by Crippen LogP contribution is 2.15. The van der Waals surface area contributed by atoms with Crippen molar-refractivity contribution in [3.8, 4) is 0 Å². The van der Waals surface area contributed by atoms with Crippen LogP contribution in [0.3, 0.4) is 0 Å². The van der Waals surface area contributed by atoms with Crippen molar-refractivity contribution in [3.05, 3.63) is 30.2 Å². The second-order valence-electron chi connectivity index (χ2n) is 2.22. The molecule has 0 N–H and O–H groups in total. The van der Waals surface area contributed by atoms with Crippen LogP contribution in [0.2, 0.25) is 0 Å². The van der Waals surface area contributed by atoms with Gasteiger partial charge in [-0.25, -0.2) is 4.79 Å². The Hall–Kier alpha value is -1.84. The summed E-state index contributed by atoms with van der Waals surface area (Å²) >= 11 is 0. The van der Waals surface area contributed by atoms with E-state index in [1.54, 1.807) is 6.07 Å². The van der Waals surface area contributed by atoms with E-state index < -0.39 is 5.97 Å². The van der Waals surface area contributed by atoms with Crippen LogP contribution in [0.5, 0.6) is 0 Å². The van der Waals surface area contributed by atoms with Gasteiger partial charge >= 0.3 is 5.97 Å². The van der Waals surface area contributed by atoms with Gasteiger partial charge in [-0.2, -0.15) is 0 Å². The van der Waals surface area contributed by atoms with E-state index in [2.05, 4.69) is 4.74 Å². The molecule has 0 fully saturated rings. The average Bonchev–Trinajstić information content (AvgIpc) is 2.65. The molecule has 68 valence electrons. The van der Waals surface area contributed by atoms with Crippen molar-refractivity contribution in [1.29, 1.82) is 0 Å². The van der Waals surface area contributed by atoms with Crippen LogP contribution in [0.25, 0.3) is 5.57 Å². The van der Waals surface area contributed by atoms with Gasteiger partial charge in [-0.3, -0.25) is 4.79 Å². The standard InChI is InChI=1S/C9H8O4/c1-12-9(11)8(2-4-10)7-3-5-13-6-7/h2-6H,1H3/b8-2+. The van der Waals surface area contributed by atoms with Gasteiger partial charge in [0.25, 0.3) is 0 Å². The molecule has 1 aromatic rings. The van der Waals surface area contributed by atoms with Crippen molar-refractivity contribution in [2.75, 3.05) is 7.11 Å². The summed E-state index contributed by atoms with van der Waals surface area (Å²) in [5, 5.41) is 0. The fourth-order valence-corrected chi connectivity index (χ4v) is 0.878. The number of allylic oxidation sites excluding steroid dienone is 1. The van der Waals surface area contributed by atoms with Gasteiger partial charge in [0.05, 0.1) is 25.2 Å². The maximum Gasteiger partial charge on any atom is 0.338 e. The number of hydrogen-bond donors (Lipinski definition) is 0. The molecule has 0 saturated heterocycles. The number of carbonyl (C=O) groups excluding carboxylic acids is 2. The Kier molecular flexibility index (Phi) is 3.03. The van der Waals surface area contributed by atoms with Gasteiger partial charge in [-0.05, 0) is 12.1 Å². The molecule has 0 aliphatic heterocycles. The first-order valence-electron chi connectivity index (χ1n) is 3.56. The summed E-state index contributed by atoms with van der Waals surface area (Å²) in [7, 11) is 1.25. The maximum atomic E-state index is 11.1. The van der Waals surface area contributed by atoms with Crippen molar-refractivity contribution in [2.24, 2.45) is 0 Å². The van der Waals surface area contributed by atoms with Crippen LogP contribution >= 0.6 is 0 Å². The molecule has 0 saturated carbocycles. The molecule has 0 atom stereocenters. The fraction of sp³-hybridized carbons (Fsp3) is 0.111. The summed E-state index contributed by atoms with van der Waals surface area (Å²) in [6.45, 7) is 0. The van der Waals surface area contributed by atoms with Gasteiger partial charge in [0.1, 0.15) is 6.29 Å². The maximum absolute atomic E-state index is 11.1. The third-order valence-corrected chi connectivity index (χ3v) is 1.47. The first-order valence-corrected chi connectivity index (χ1v) is 3.56. The molecule has 13 heavy (non-hydrogen) atoms. The van der Waals surface area contributed by atoms with Crippen LogP contribution in [-0.2, 0) is 14.3 Å². The molecule has 0 amide bonds. The van der Waals surface area contributed by atoms with E-state index in [0.717, 1.165) is 6.08 Å². The van der Waals surface area contributed by atoms with E-state index in [9.17, 15) is 9.59 Å². The summed E-state index contributed by atoms with van der Waals surface area (Å²) in [5.74, 6) is -0.562. The van der Waals surface area contributed by atoms with Crippen molar-refractivity contribution < 1.29 is 18.7 Å². The Balaban J connectivity index is 3.01. The number of hydrogen-bond acceptors (Lipinski definition) is 4. The smallest absolute Gasteiger partial charge is 0.338 e. The van der Waals surface area contributed by atoms with E-state index >= 15 is 0 Å². The van der Waals surface area contributed by atoms with Gasteiger partial charge < -0.3 is 9.15 Å². The molecule has 0 bridgehead atoms. The Labute approximate surface area is 74.8 Å². The first-order chi connectivity index (χ1) is 6.29. The third-order valence-electron chi connectivity index (χ3n) is 1.47. The van der Waals surface area contributed by atoms with Gasteiger partial charge in [-0.1, -0.05) is 0 Å². The van der Waals surface area contributed by atoms with Crippen molar-refractivity contribution >= 4 is 17.8 Å². The minimum Gasteiger partial charge on any atom is -0.472 e. The molecule has 0 aliphatic carbocycles. The second-order valence-corrected chi connectivity index (χ2v) is 2.22. The molecular formula is C9H8O4. The number of furan rings is 1. The number of aldehydes is 1. The Morgan fingerprint density at radius 2 is 2.38 bits per heavy atom. The molecule has 4 nitrogen and oxygen atoms in total. The summed E-state index contributed by atoms with van der Waals surface area (Å²) in [6, 6.07) is 1.58. The predicted octanol–water partition coefficient (Wildman–Crippen LogP) is 1.03. The van der Waals surface area contributed by atoms with Crippen LogP contribution in [0.15, 0.2) is 29.1 Å². The monoisotopic (exact) mass is 180 g/mol. The van der Waals surface area contributed by atoms with E-state index in [1.807, 2.05) is 0 Å². The average molecular weight is 180 g/mol. The summed E-state index contributed by atoms with van der Waals surface area (Å²) in [5.41, 5.74) is 0.713. The van der Waals surface area contributed by atoms with E-state index in [0.29, 0.717) is 11.8 Å². The molecule has 0 aliphatic rings. The van der Waals surface area contributed by atoms with E-state index in [4.69, 9.17) is 4.42 Å². The number of esters is 1. The number of rotatable bonds is 3. The Morgan fingerprint density at radius 3 is 2.85 bits per heavy atom. The minimum atomic E-state index is -0.562. The van der Waals surface area contributed by atoms with Gasteiger partial charge in [-0.15, -0.1) is 0 Å². The largest absolute Gasteiger partial charge is 0.472 e. The second kappa shape index (κ2) is 4.25. The predicted molar refractivity (Wildman–Crippen MR) is 44.8 cm³/mol.